The molecule has 0 aromatic heterocycles. The van der Waals surface area contributed by atoms with Gasteiger partial charge in [0.25, 0.3) is 11.1 Å². The Morgan fingerprint density at radius 3 is 2.57 bits per heavy atom. The molecule has 21 heavy (non-hydrogen) atoms. The van der Waals surface area contributed by atoms with Gasteiger partial charge in [-0.3, -0.25) is 14.9 Å². The van der Waals surface area contributed by atoms with Crippen LogP contribution in [0.4, 0.5) is 9.18 Å². The van der Waals surface area contributed by atoms with Gasteiger partial charge < -0.3 is 4.74 Å². The van der Waals surface area contributed by atoms with Gasteiger partial charge in [-0.15, -0.1) is 0 Å². The van der Waals surface area contributed by atoms with Crippen molar-refractivity contribution < 1.29 is 18.7 Å². The van der Waals surface area contributed by atoms with E-state index in [2.05, 4.69) is 5.32 Å². The highest BCUT2D eigenvalue weighted by Crippen LogP contribution is 2.23. The highest BCUT2D eigenvalue weighted by atomic mass is 32.2. The summed E-state index contributed by atoms with van der Waals surface area (Å²) >= 11 is 0.947. The quantitative estimate of drug-likeness (QED) is 0.617. The second-order valence-corrected chi connectivity index (χ2v) is 5.58. The Morgan fingerprint density at radius 1 is 1.14 bits per heavy atom. The lowest BCUT2D eigenvalue weighted by molar-refractivity contribution is -0.115. The molecule has 0 radical (unpaired) electrons. The van der Waals surface area contributed by atoms with Crippen molar-refractivity contribution in [1.29, 1.82) is 0 Å². The number of allylic oxidation sites excluding steroid dienone is 1. The lowest BCUT2D eigenvalue weighted by atomic mass is 10.2. The molecule has 1 aromatic carbocycles. The van der Waals surface area contributed by atoms with Crippen LogP contribution in [0.15, 0.2) is 35.2 Å². The van der Waals surface area contributed by atoms with Crippen molar-refractivity contribution in [3.8, 4) is 5.75 Å². The lowest BCUT2D eigenvalue weighted by Crippen LogP contribution is -2.17. The summed E-state index contributed by atoms with van der Waals surface area (Å²) in [6.45, 7) is 0.579. The first-order valence-corrected chi connectivity index (χ1v) is 7.58. The number of halogens is 1. The molecule has 1 aliphatic heterocycles. The van der Waals surface area contributed by atoms with E-state index in [-0.39, 0.29) is 17.0 Å². The first-order chi connectivity index (χ1) is 10.1. The largest absolute Gasteiger partial charge is 0.494 e. The summed E-state index contributed by atoms with van der Waals surface area (Å²) < 4.78 is 18.2. The van der Waals surface area contributed by atoms with Crippen LogP contribution in [0.1, 0.15) is 25.7 Å². The number of ether oxygens (including phenoxy) is 1. The number of thioether (sulfide) groups is 1. The highest BCUT2D eigenvalue weighted by molar-refractivity contribution is 8.18. The third-order valence-corrected chi connectivity index (χ3v) is 3.76. The van der Waals surface area contributed by atoms with Crippen molar-refractivity contribution >= 4 is 22.9 Å². The summed E-state index contributed by atoms with van der Waals surface area (Å²) in [6.07, 6.45) is 5.34. The minimum absolute atomic E-state index is 0.275. The average molecular weight is 309 g/mol. The third-order valence-electron chi connectivity index (χ3n) is 2.90. The van der Waals surface area contributed by atoms with Crippen molar-refractivity contribution in [2.45, 2.75) is 25.7 Å². The summed E-state index contributed by atoms with van der Waals surface area (Å²) in [5.74, 6) is 0.0865. The normalized spacial score (nSPS) is 16.3. The average Bonchev–Trinajstić information content (AvgIpc) is 2.78. The number of hydrogen-bond donors (Lipinski definition) is 1. The molecule has 1 saturated heterocycles. The van der Waals surface area contributed by atoms with Gasteiger partial charge in [-0.1, -0.05) is 6.08 Å². The molecule has 2 rings (SSSR count). The van der Waals surface area contributed by atoms with E-state index >= 15 is 0 Å². The Morgan fingerprint density at radius 2 is 1.90 bits per heavy atom. The van der Waals surface area contributed by atoms with E-state index in [1.165, 1.54) is 12.1 Å². The zero-order valence-corrected chi connectivity index (χ0v) is 12.2. The maximum atomic E-state index is 12.7. The van der Waals surface area contributed by atoms with E-state index < -0.39 is 0 Å². The second kappa shape index (κ2) is 7.83. The summed E-state index contributed by atoms with van der Waals surface area (Å²) in [5.41, 5.74) is 0. The first-order valence-electron chi connectivity index (χ1n) is 6.77. The highest BCUT2D eigenvalue weighted by Gasteiger charge is 2.24. The molecule has 0 unspecified atom stereocenters. The predicted octanol–water partition coefficient (Wildman–Crippen LogP) is 3.63. The molecule has 2 amide bonds. The van der Waals surface area contributed by atoms with Crippen LogP contribution in [0.3, 0.4) is 0 Å². The van der Waals surface area contributed by atoms with Gasteiger partial charge in [-0.2, -0.15) is 0 Å². The number of hydrogen-bond acceptors (Lipinski definition) is 4. The molecule has 1 heterocycles. The standard InChI is InChI=1S/C15H16FNO3S/c16-11-6-8-12(9-7-11)20-10-4-2-1-3-5-13-14(18)17-15(19)21-13/h5-9H,1-4,10H2,(H,17,18,19). The monoisotopic (exact) mass is 309 g/mol. The SMILES string of the molecule is O=C1NC(=O)C(=CCCCCCOc2ccc(F)cc2)S1. The van der Waals surface area contributed by atoms with Crippen LogP contribution in [0.5, 0.6) is 5.75 Å². The van der Waals surface area contributed by atoms with Gasteiger partial charge in [0.1, 0.15) is 11.6 Å². The fourth-order valence-corrected chi connectivity index (χ4v) is 2.53. The van der Waals surface area contributed by atoms with Gasteiger partial charge in [0.05, 0.1) is 11.5 Å². The first kappa shape index (κ1) is 15.6. The van der Waals surface area contributed by atoms with Crippen LogP contribution >= 0.6 is 11.8 Å². The van der Waals surface area contributed by atoms with Crippen molar-refractivity contribution in [1.82, 2.24) is 5.32 Å². The van der Waals surface area contributed by atoms with Gasteiger partial charge in [0, 0.05) is 0 Å². The predicted molar refractivity (Wildman–Crippen MR) is 79.6 cm³/mol. The molecule has 112 valence electrons. The maximum Gasteiger partial charge on any atom is 0.290 e. The topological polar surface area (TPSA) is 55.4 Å². The Hall–Kier alpha value is -1.82. The van der Waals surface area contributed by atoms with Crippen molar-refractivity contribution in [2.24, 2.45) is 0 Å². The van der Waals surface area contributed by atoms with Crippen LogP contribution in [0.2, 0.25) is 0 Å². The molecule has 1 fully saturated rings. The number of nitrogens with one attached hydrogen (secondary N) is 1. The summed E-state index contributed by atoms with van der Waals surface area (Å²) in [5, 5.41) is 1.91. The van der Waals surface area contributed by atoms with E-state index in [4.69, 9.17) is 4.74 Å². The molecule has 1 aromatic rings. The number of unbranched alkanes of at least 4 members (excludes halogenated alkanes) is 3. The minimum Gasteiger partial charge on any atom is -0.494 e. The number of benzene rings is 1. The lowest BCUT2D eigenvalue weighted by Gasteiger charge is -2.05. The molecular weight excluding hydrogens is 293 g/mol. The Bertz CT molecular complexity index is 542. The van der Waals surface area contributed by atoms with Crippen molar-refractivity contribution in [2.75, 3.05) is 6.61 Å². The zero-order chi connectivity index (χ0) is 15.1. The Balaban J connectivity index is 1.56. The van der Waals surface area contributed by atoms with E-state index in [9.17, 15) is 14.0 Å². The molecule has 0 atom stereocenters. The van der Waals surface area contributed by atoms with Crippen LogP contribution in [-0.2, 0) is 4.79 Å². The molecular formula is C15H16FNO3S. The van der Waals surface area contributed by atoms with Crippen molar-refractivity contribution in [3.05, 3.63) is 41.1 Å². The van der Waals surface area contributed by atoms with Crippen LogP contribution < -0.4 is 10.1 Å². The minimum atomic E-state index is -0.307. The number of amides is 2. The van der Waals surface area contributed by atoms with E-state index in [0.717, 1.165) is 37.4 Å². The Labute approximate surface area is 126 Å². The fourth-order valence-electron chi connectivity index (χ4n) is 1.84. The summed E-state index contributed by atoms with van der Waals surface area (Å²) in [7, 11) is 0. The van der Waals surface area contributed by atoms with Crippen LogP contribution in [-0.4, -0.2) is 17.8 Å². The molecule has 0 spiro atoms. The number of carbonyl (C=O) groups excluding carboxylic acids is 2. The van der Waals surface area contributed by atoms with Gasteiger partial charge >= 0.3 is 0 Å². The van der Waals surface area contributed by atoms with Gasteiger partial charge in [-0.05, 0) is 61.7 Å². The second-order valence-electron chi connectivity index (χ2n) is 4.56. The van der Waals surface area contributed by atoms with Gasteiger partial charge in [-0.25, -0.2) is 4.39 Å². The van der Waals surface area contributed by atoms with Crippen molar-refractivity contribution in [3.63, 3.8) is 0 Å². The van der Waals surface area contributed by atoms with Gasteiger partial charge in [0.15, 0.2) is 0 Å². The maximum absolute atomic E-state index is 12.7. The van der Waals surface area contributed by atoms with Gasteiger partial charge in [0.2, 0.25) is 0 Å². The van der Waals surface area contributed by atoms with E-state index in [0.29, 0.717) is 17.3 Å². The molecule has 0 bridgehead atoms. The third kappa shape index (κ3) is 5.23. The molecule has 6 heteroatoms. The molecule has 0 saturated carbocycles. The molecule has 1 N–H and O–H groups in total. The molecule has 4 nitrogen and oxygen atoms in total. The number of imide groups is 1. The molecule has 1 aliphatic rings. The van der Waals surface area contributed by atoms with E-state index in [1.54, 1.807) is 18.2 Å². The van der Waals surface area contributed by atoms with Crippen LogP contribution in [0.25, 0.3) is 0 Å². The Kier molecular flexibility index (Phi) is 5.80. The smallest absolute Gasteiger partial charge is 0.290 e. The number of rotatable bonds is 7. The van der Waals surface area contributed by atoms with E-state index in [1.807, 2.05) is 0 Å². The zero-order valence-electron chi connectivity index (χ0n) is 11.4. The summed E-state index contributed by atoms with van der Waals surface area (Å²) in [4.78, 5) is 22.7. The fraction of sp³-hybridized carbons (Fsp3) is 0.333. The molecule has 0 aliphatic carbocycles. The summed E-state index contributed by atoms with van der Waals surface area (Å²) in [6, 6.07) is 5.94. The number of carbonyl (C=O) groups is 2. The van der Waals surface area contributed by atoms with Crippen LogP contribution in [0, 0.1) is 5.82 Å².